The normalized spacial score (nSPS) is 10.7. The monoisotopic (exact) mass is 271 g/mol. The van der Waals surface area contributed by atoms with Crippen molar-refractivity contribution in [2.75, 3.05) is 17.6 Å². The smallest absolute Gasteiger partial charge is 0.149 e. The Morgan fingerprint density at radius 2 is 2.27 bits per heavy atom. The van der Waals surface area contributed by atoms with E-state index in [4.69, 9.17) is 5.73 Å². The summed E-state index contributed by atoms with van der Waals surface area (Å²) >= 11 is 3.33. The van der Waals surface area contributed by atoms with Gasteiger partial charge in [0.2, 0.25) is 0 Å². The van der Waals surface area contributed by atoms with Gasteiger partial charge < -0.3 is 11.1 Å². The molecule has 3 N–H and O–H groups in total. The van der Waals surface area contributed by atoms with Crippen molar-refractivity contribution in [1.29, 1.82) is 0 Å². The van der Waals surface area contributed by atoms with Gasteiger partial charge in [-0.25, -0.2) is 4.98 Å². The fourth-order valence-electron chi connectivity index (χ4n) is 1.32. The van der Waals surface area contributed by atoms with Crippen molar-refractivity contribution in [3.05, 3.63) is 16.7 Å². The fourth-order valence-corrected chi connectivity index (χ4v) is 1.67. The number of nitrogen functional groups attached to an aromatic ring is 1. The summed E-state index contributed by atoms with van der Waals surface area (Å²) in [5.41, 5.74) is 6.50. The lowest BCUT2D eigenvalue weighted by atomic mass is 10.1. The molecule has 3 nitrogen and oxygen atoms in total. The number of rotatable bonds is 5. The van der Waals surface area contributed by atoms with Gasteiger partial charge >= 0.3 is 0 Å². The van der Waals surface area contributed by atoms with Gasteiger partial charge in [-0.05, 0) is 40.8 Å². The van der Waals surface area contributed by atoms with Gasteiger partial charge in [0, 0.05) is 17.2 Å². The van der Waals surface area contributed by atoms with Gasteiger partial charge in [-0.15, -0.1) is 0 Å². The van der Waals surface area contributed by atoms with Gasteiger partial charge in [-0.1, -0.05) is 13.8 Å². The minimum absolute atomic E-state index is 0.689. The van der Waals surface area contributed by atoms with Crippen molar-refractivity contribution >= 4 is 27.4 Å². The van der Waals surface area contributed by atoms with Crippen LogP contribution in [0.5, 0.6) is 0 Å². The van der Waals surface area contributed by atoms with Crippen LogP contribution in [0.3, 0.4) is 0 Å². The highest BCUT2D eigenvalue weighted by Gasteiger charge is 2.00. The molecule has 0 saturated carbocycles. The van der Waals surface area contributed by atoms with E-state index in [1.807, 2.05) is 6.07 Å². The first-order valence-electron chi connectivity index (χ1n) is 5.24. The van der Waals surface area contributed by atoms with Crippen molar-refractivity contribution in [1.82, 2.24) is 4.98 Å². The second-order valence-electron chi connectivity index (χ2n) is 4.05. The summed E-state index contributed by atoms with van der Waals surface area (Å²) in [4.78, 5) is 4.21. The molecule has 0 aliphatic rings. The molecule has 4 heteroatoms. The molecular weight excluding hydrogens is 254 g/mol. The highest BCUT2D eigenvalue weighted by Crippen LogP contribution is 2.19. The molecule has 0 aliphatic heterocycles. The Hall–Kier alpha value is -0.770. The van der Waals surface area contributed by atoms with Crippen LogP contribution in [-0.4, -0.2) is 11.5 Å². The molecular formula is C11H18BrN3. The molecule has 0 spiro atoms. The van der Waals surface area contributed by atoms with E-state index in [1.54, 1.807) is 6.20 Å². The molecule has 0 aromatic carbocycles. The topological polar surface area (TPSA) is 50.9 Å². The van der Waals surface area contributed by atoms with Gasteiger partial charge in [0.1, 0.15) is 5.82 Å². The number of anilines is 2. The summed E-state index contributed by atoms with van der Waals surface area (Å²) in [6, 6.07) is 1.86. The Morgan fingerprint density at radius 3 is 2.87 bits per heavy atom. The van der Waals surface area contributed by atoms with E-state index in [0.717, 1.165) is 29.2 Å². The standard InChI is InChI=1S/C11H18BrN3/c1-8(2)4-3-5-14-11-10(13)6-9(12)7-15-11/h6-8H,3-5,13H2,1-2H3,(H,14,15). The molecule has 0 aliphatic carbocycles. The lowest BCUT2D eigenvalue weighted by molar-refractivity contribution is 0.567. The molecule has 0 bridgehead atoms. The summed E-state index contributed by atoms with van der Waals surface area (Å²) in [7, 11) is 0. The molecule has 0 fully saturated rings. The summed E-state index contributed by atoms with van der Waals surface area (Å²) < 4.78 is 0.910. The maximum atomic E-state index is 5.81. The number of nitrogens with zero attached hydrogens (tertiary/aromatic N) is 1. The van der Waals surface area contributed by atoms with Gasteiger partial charge in [-0.3, -0.25) is 0 Å². The minimum atomic E-state index is 0.689. The number of halogens is 1. The fraction of sp³-hybridized carbons (Fsp3) is 0.545. The summed E-state index contributed by atoms with van der Waals surface area (Å²) in [6.45, 7) is 5.38. The van der Waals surface area contributed by atoms with Crippen LogP contribution in [0.4, 0.5) is 11.5 Å². The zero-order valence-corrected chi connectivity index (χ0v) is 10.8. The molecule has 1 heterocycles. The van der Waals surface area contributed by atoms with E-state index in [0.29, 0.717) is 5.69 Å². The van der Waals surface area contributed by atoms with Gasteiger partial charge in [-0.2, -0.15) is 0 Å². The van der Waals surface area contributed by atoms with Gasteiger partial charge in [0.15, 0.2) is 0 Å². The van der Waals surface area contributed by atoms with Crippen LogP contribution in [-0.2, 0) is 0 Å². The number of aromatic nitrogens is 1. The van der Waals surface area contributed by atoms with Crippen molar-refractivity contribution in [3.8, 4) is 0 Å². The number of hydrogen-bond donors (Lipinski definition) is 2. The van der Waals surface area contributed by atoms with Crippen LogP contribution < -0.4 is 11.1 Å². The maximum Gasteiger partial charge on any atom is 0.149 e. The Kier molecular flexibility index (Phi) is 4.88. The third-order valence-electron chi connectivity index (χ3n) is 2.13. The van der Waals surface area contributed by atoms with E-state index in [9.17, 15) is 0 Å². The Morgan fingerprint density at radius 1 is 1.53 bits per heavy atom. The molecule has 0 amide bonds. The second-order valence-corrected chi connectivity index (χ2v) is 4.97. The predicted octanol–water partition coefficient (Wildman–Crippen LogP) is 3.27. The van der Waals surface area contributed by atoms with E-state index in [1.165, 1.54) is 6.42 Å². The lowest BCUT2D eigenvalue weighted by Gasteiger charge is -2.09. The highest BCUT2D eigenvalue weighted by molar-refractivity contribution is 9.10. The van der Waals surface area contributed by atoms with Crippen molar-refractivity contribution in [2.45, 2.75) is 26.7 Å². The molecule has 0 saturated heterocycles. The van der Waals surface area contributed by atoms with Crippen LogP contribution in [0, 0.1) is 5.92 Å². The first-order chi connectivity index (χ1) is 7.09. The third-order valence-corrected chi connectivity index (χ3v) is 2.57. The molecule has 0 unspecified atom stereocenters. The SMILES string of the molecule is CC(C)CCCNc1ncc(Br)cc1N. The predicted molar refractivity (Wildman–Crippen MR) is 68.9 cm³/mol. The van der Waals surface area contributed by atoms with Crippen LogP contribution in [0.1, 0.15) is 26.7 Å². The number of pyridine rings is 1. The van der Waals surface area contributed by atoms with E-state index in [-0.39, 0.29) is 0 Å². The summed E-state index contributed by atoms with van der Waals surface area (Å²) in [5, 5.41) is 3.24. The summed E-state index contributed by atoms with van der Waals surface area (Å²) in [6.07, 6.45) is 4.12. The van der Waals surface area contributed by atoms with Crippen LogP contribution in [0.25, 0.3) is 0 Å². The number of nitrogens with two attached hydrogens (primary N) is 1. The summed E-state index contributed by atoms with van der Waals surface area (Å²) in [5.74, 6) is 1.53. The van der Waals surface area contributed by atoms with E-state index in [2.05, 4.69) is 40.1 Å². The lowest BCUT2D eigenvalue weighted by Crippen LogP contribution is -2.06. The zero-order valence-electron chi connectivity index (χ0n) is 9.26. The molecule has 84 valence electrons. The van der Waals surface area contributed by atoms with Crippen molar-refractivity contribution in [3.63, 3.8) is 0 Å². The molecule has 1 rings (SSSR count). The molecule has 1 aromatic heterocycles. The van der Waals surface area contributed by atoms with Crippen molar-refractivity contribution < 1.29 is 0 Å². The maximum absolute atomic E-state index is 5.81. The average molecular weight is 272 g/mol. The quantitative estimate of drug-likeness (QED) is 0.809. The van der Waals surface area contributed by atoms with Crippen LogP contribution in [0.15, 0.2) is 16.7 Å². The third kappa shape index (κ3) is 4.51. The first-order valence-corrected chi connectivity index (χ1v) is 6.03. The second kappa shape index (κ2) is 5.95. The largest absolute Gasteiger partial charge is 0.396 e. The molecule has 1 aromatic rings. The minimum Gasteiger partial charge on any atom is -0.396 e. The Labute approximate surface area is 99.6 Å². The Bertz CT molecular complexity index is 313. The van der Waals surface area contributed by atoms with E-state index < -0.39 is 0 Å². The van der Waals surface area contributed by atoms with Crippen LogP contribution in [0.2, 0.25) is 0 Å². The molecule has 0 radical (unpaired) electrons. The molecule has 0 atom stereocenters. The average Bonchev–Trinajstić information content (AvgIpc) is 2.14. The van der Waals surface area contributed by atoms with Crippen molar-refractivity contribution in [2.24, 2.45) is 5.92 Å². The van der Waals surface area contributed by atoms with Gasteiger partial charge in [0.05, 0.1) is 5.69 Å². The zero-order chi connectivity index (χ0) is 11.3. The highest BCUT2D eigenvalue weighted by atomic mass is 79.9. The number of hydrogen-bond acceptors (Lipinski definition) is 3. The van der Waals surface area contributed by atoms with E-state index >= 15 is 0 Å². The number of nitrogens with one attached hydrogen (secondary N) is 1. The van der Waals surface area contributed by atoms with Crippen LogP contribution >= 0.6 is 15.9 Å². The first kappa shape index (κ1) is 12.3. The Balaban J connectivity index is 2.37. The van der Waals surface area contributed by atoms with Gasteiger partial charge in [0.25, 0.3) is 0 Å². The molecule has 15 heavy (non-hydrogen) atoms.